The van der Waals surface area contributed by atoms with Crippen LogP contribution in [0.4, 0.5) is 20.3 Å². The second-order valence-corrected chi connectivity index (χ2v) is 7.83. The predicted molar refractivity (Wildman–Crippen MR) is 133 cm³/mol. The normalized spacial score (nSPS) is 12.1. The van der Waals surface area contributed by atoms with Crippen LogP contribution in [0.15, 0.2) is 71.9 Å². The number of aromatic carboxylic acids is 1. The third-order valence-corrected chi connectivity index (χ3v) is 5.23. The maximum atomic E-state index is 13.8. The lowest BCUT2D eigenvalue weighted by atomic mass is 10.1. The molecule has 0 saturated heterocycles. The van der Waals surface area contributed by atoms with Crippen LogP contribution in [0.3, 0.4) is 0 Å². The van der Waals surface area contributed by atoms with Crippen molar-refractivity contribution in [2.75, 3.05) is 24.2 Å². The van der Waals surface area contributed by atoms with Gasteiger partial charge in [-0.15, -0.1) is 0 Å². The van der Waals surface area contributed by atoms with Crippen molar-refractivity contribution in [3.05, 3.63) is 94.5 Å². The van der Waals surface area contributed by atoms with Gasteiger partial charge in [-0.1, -0.05) is 12.1 Å². The molecule has 0 bridgehead atoms. The van der Waals surface area contributed by atoms with E-state index < -0.39 is 23.0 Å². The van der Waals surface area contributed by atoms with Gasteiger partial charge in [0.1, 0.15) is 11.4 Å². The average Bonchev–Trinajstić information content (AvgIpc) is 3.13. The van der Waals surface area contributed by atoms with E-state index in [9.17, 15) is 18.4 Å². The van der Waals surface area contributed by atoms with E-state index in [0.29, 0.717) is 35.2 Å². The van der Waals surface area contributed by atoms with Gasteiger partial charge < -0.3 is 30.6 Å². The molecule has 37 heavy (non-hydrogen) atoms. The third-order valence-electron chi connectivity index (χ3n) is 5.23. The first-order valence-corrected chi connectivity index (χ1v) is 11.1. The number of halogens is 2. The van der Waals surface area contributed by atoms with Gasteiger partial charge in [-0.2, -0.15) is 0 Å². The number of ether oxygens (including phenoxy) is 2. The number of carbonyl (C=O) groups is 1. The first-order valence-electron chi connectivity index (χ1n) is 11.1. The third kappa shape index (κ3) is 6.01. The number of fused-ring (bicyclic) bond motifs is 1. The molecule has 0 atom stereocenters. The van der Waals surface area contributed by atoms with Gasteiger partial charge in [-0.05, 0) is 36.2 Å². The minimum absolute atomic E-state index is 0.0976. The molecule has 5 rings (SSSR count). The molecule has 1 aliphatic rings. The maximum absolute atomic E-state index is 13.8. The van der Waals surface area contributed by atoms with Gasteiger partial charge in [-0.3, -0.25) is 4.79 Å². The molecule has 0 saturated carbocycles. The summed E-state index contributed by atoms with van der Waals surface area (Å²) in [6.45, 7) is 1.34. The highest BCUT2D eigenvalue weighted by atomic mass is 19.1. The van der Waals surface area contributed by atoms with Crippen LogP contribution in [-0.4, -0.2) is 34.2 Å². The number of carboxylic acid groups (broad SMARTS) is 1. The molecule has 0 radical (unpaired) electrons. The standard InChI is InChI=1S/C14H14FN3O2.C12H8FNO3/c15-10-8-9(16)2-3-11(10)20-12-4-6-18-14-13(12)19-7-1-5-17-14;13-8-3-1-7(2-4-8)9-5-14-6-10(11(9)15)12(16)17/h2-4,6,8H,1,5,7,16H2,(H,17,18);1-6H,(H,14,15)(H,16,17). The summed E-state index contributed by atoms with van der Waals surface area (Å²) in [5, 5.41) is 11.9. The summed E-state index contributed by atoms with van der Waals surface area (Å²) >= 11 is 0. The van der Waals surface area contributed by atoms with Crippen LogP contribution < -0.4 is 26.0 Å². The number of H-pyrrole nitrogens is 1. The number of nitrogen functional groups attached to an aromatic ring is 1. The number of benzene rings is 2. The molecule has 1 aliphatic heterocycles. The molecule has 3 heterocycles. The monoisotopic (exact) mass is 508 g/mol. The van der Waals surface area contributed by atoms with E-state index in [1.807, 2.05) is 0 Å². The molecule has 190 valence electrons. The first-order chi connectivity index (χ1) is 17.8. The van der Waals surface area contributed by atoms with E-state index in [0.717, 1.165) is 19.2 Å². The van der Waals surface area contributed by atoms with E-state index in [1.165, 1.54) is 42.6 Å². The highest BCUT2D eigenvalue weighted by Gasteiger charge is 2.17. The smallest absolute Gasteiger partial charge is 0.341 e. The van der Waals surface area contributed by atoms with Crippen molar-refractivity contribution in [1.29, 1.82) is 0 Å². The summed E-state index contributed by atoms with van der Waals surface area (Å²) in [6, 6.07) is 11.2. The van der Waals surface area contributed by atoms with Gasteiger partial charge in [0.05, 0.1) is 6.61 Å². The molecule has 11 heteroatoms. The second kappa shape index (κ2) is 11.2. The summed E-state index contributed by atoms with van der Waals surface area (Å²) in [5.74, 6) is -0.600. The summed E-state index contributed by atoms with van der Waals surface area (Å²) in [4.78, 5) is 29.4. The minimum atomic E-state index is -1.30. The second-order valence-electron chi connectivity index (χ2n) is 7.83. The Morgan fingerprint density at radius 3 is 2.59 bits per heavy atom. The van der Waals surface area contributed by atoms with Crippen LogP contribution in [0.5, 0.6) is 17.2 Å². The van der Waals surface area contributed by atoms with E-state index in [4.69, 9.17) is 20.3 Å². The Hall–Kier alpha value is -4.93. The molecule has 0 fully saturated rings. The van der Waals surface area contributed by atoms with Gasteiger partial charge >= 0.3 is 5.97 Å². The van der Waals surface area contributed by atoms with Crippen molar-refractivity contribution in [3.8, 4) is 28.4 Å². The Balaban J connectivity index is 0.000000176. The van der Waals surface area contributed by atoms with Crippen LogP contribution >= 0.6 is 0 Å². The van der Waals surface area contributed by atoms with Crippen LogP contribution in [0.2, 0.25) is 0 Å². The fourth-order valence-electron chi connectivity index (χ4n) is 3.44. The molecule has 0 amide bonds. The van der Waals surface area contributed by atoms with Crippen LogP contribution in [0.25, 0.3) is 11.1 Å². The summed E-state index contributed by atoms with van der Waals surface area (Å²) in [6.07, 6.45) is 4.97. The number of aromatic amines is 1. The first kappa shape index (κ1) is 25.2. The number of hydrogen-bond acceptors (Lipinski definition) is 7. The number of rotatable bonds is 4. The molecule has 2 aromatic heterocycles. The SMILES string of the molecule is Nc1ccc(Oc2ccnc3c2OCCCN3)c(F)c1.O=C(O)c1c[nH]cc(-c2ccc(F)cc2)c1=O. The predicted octanol–water partition coefficient (Wildman–Crippen LogP) is 4.67. The van der Waals surface area contributed by atoms with E-state index in [-0.39, 0.29) is 16.9 Å². The quantitative estimate of drug-likeness (QED) is 0.292. The molecular weight excluding hydrogens is 486 g/mol. The lowest BCUT2D eigenvalue weighted by molar-refractivity contribution is 0.0695. The van der Waals surface area contributed by atoms with Gasteiger partial charge in [0.2, 0.25) is 11.2 Å². The van der Waals surface area contributed by atoms with Gasteiger partial charge in [0.25, 0.3) is 0 Å². The summed E-state index contributed by atoms with van der Waals surface area (Å²) in [5.41, 5.74) is 5.59. The topological polar surface area (TPSA) is 140 Å². The summed E-state index contributed by atoms with van der Waals surface area (Å²) in [7, 11) is 0. The van der Waals surface area contributed by atoms with Crippen molar-refractivity contribution >= 4 is 17.5 Å². The number of nitrogens with one attached hydrogen (secondary N) is 2. The van der Waals surface area contributed by atoms with E-state index >= 15 is 0 Å². The molecule has 9 nitrogen and oxygen atoms in total. The van der Waals surface area contributed by atoms with Crippen LogP contribution in [0, 0.1) is 11.6 Å². The molecule has 2 aromatic carbocycles. The van der Waals surface area contributed by atoms with Crippen molar-refractivity contribution < 1.29 is 28.2 Å². The Morgan fingerprint density at radius 1 is 1.08 bits per heavy atom. The molecule has 5 N–H and O–H groups in total. The maximum Gasteiger partial charge on any atom is 0.341 e. The van der Waals surface area contributed by atoms with Crippen molar-refractivity contribution in [2.24, 2.45) is 0 Å². The van der Waals surface area contributed by atoms with Gasteiger partial charge in [-0.25, -0.2) is 18.6 Å². The number of nitrogens with two attached hydrogens (primary N) is 1. The van der Waals surface area contributed by atoms with E-state index in [1.54, 1.807) is 18.3 Å². The van der Waals surface area contributed by atoms with Crippen LogP contribution in [0.1, 0.15) is 16.8 Å². The van der Waals surface area contributed by atoms with Gasteiger partial charge in [0.15, 0.2) is 23.1 Å². The molecule has 0 unspecified atom stereocenters. The zero-order valence-corrected chi connectivity index (χ0v) is 19.3. The number of nitrogens with zero attached hydrogens (tertiary/aromatic N) is 1. The number of carboxylic acids is 1. The Labute approximate surface area is 209 Å². The fraction of sp³-hybridized carbons (Fsp3) is 0.115. The minimum Gasteiger partial charge on any atom is -0.486 e. The van der Waals surface area contributed by atoms with Crippen molar-refractivity contribution in [1.82, 2.24) is 9.97 Å². The largest absolute Gasteiger partial charge is 0.486 e. The molecule has 0 spiro atoms. The number of aromatic nitrogens is 2. The van der Waals surface area contributed by atoms with Gasteiger partial charge in [0, 0.05) is 48.5 Å². The highest BCUT2D eigenvalue weighted by molar-refractivity contribution is 5.88. The van der Waals surface area contributed by atoms with E-state index in [2.05, 4.69) is 15.3 Å². The Bertz CT molecular complexity index is 1480. The Kier molecular flexibility index (Phi) is 7.62. The van der Waals surface area contributed by atoms with Crippen molar-refractivity contribution in [3.63, 3.8) is 0 Å². The fourth-order valence-corrected chi connectivity index (χ4v) is 3.44. The van der Waals surface area contributed by atoms with Crippen molar-refractivity contribution in [2.45, 2.75) is 6.42 Å². The lowest BCUT2D eigenvalue weighted by Gasteiger charge is -2.13. The molecular formula is C26H22F2N4O5. The highest BCUT2D eigenvalue weighted by Crippen LogP contribution is 2.38. The summed E-state index contributed by atoms with van der Waals surface area (Å²) < 4.78 is 37.7. The zero-order valence-electron chi connectivity index (χ0n) is 19.3. The van der Waals surface area contributed by atoms with Crippen LogP contribution in [-0.2, 0) is 0 Å². The number of anilines is 2. The Morgan fingerprint density at radius 2 is 1.86 bits per heavy atom. The lowest BCUT2D eigenvalue weighted by Crippen LogP contribution is -2.16. The zero-order chi connectivity index (χ0) is 26.4. The molecule has 4 aromatic rings. The number of pyridine rings is 2. The average molecular weight is 508 g/mol. The number of hydrogen-bond donors (Lipinski definition) is 4. The molecule has 0 aliphatic carbocycles.